The molecule has 2 aromatic carbocycles. The molecule has 150 valence electrons. The van der Waals surface area contributed by atoms with Gasteiger partial charge in [0.25, 0.3) is 10.9 Å². The van der Waals surface area contributed by atoms with Crippen molar-refractivity contribution in [2.24, 2.45) is 5.92 Å². The lowest BCUT2D eigenvalue weighted by molar-refractivity contribution is -0.119. The Morgan fingerprint density at radius 1 is 1.04 bits per heavy atom. The van der Waals surface area contributed by atoms with Gasteiger partial charge in [-0.05, 0) is 30.2 Å². The Bertz CT molecular complexity index is 895. The molecule has 0 unspecified atom stereocenters. The minimum absolute atomic E-state index is 0.0415. The van der Waals surface area contributed by atoms with Crippen LogP contribution in [0.5, 0.6) is 0 Å². The van der Waals surface area contributed by atoms with Crippen LogP contribution in [-0.4, -0.2) is 45.2 Å². The van der Waals surface area contributed by atoms with Gasteiger partial charge < -0.3 is 20.4 Å². The van der Waals surface area contributed by atoms with E-state index < -0.39 is 10.9 Å². The largest absolute Gasteiger partial charge is 0.371 e. The van der Waals surface area contributed by atoms with E-state index in [0.717, 1.165) is 5.69 Å². The van der Waals surface area contributed by atoms with Gasteiger partial charge in [-0.25, -0.2) is 4.39 Å². The van der Waals surface area contributed by atoms with Crippen molar-refractivity contribution in [3.05, 3.63) is 50.5 Å². The van der Waals surface area contributed by atoms with Gasteiger partial charge in [0.15, 0.2) is 0 Å². The number of amides is 1. The molecule has 2 N–H and O–H groups in total. The van der Waals surface area contributed by atoms with Crippen molar-refractivity contribution in [2.75, 3.05) is 54.4 Å². The van der Waals surface area contributed by atoms with Gasteiger partial charge in [-0.3, -0.25) is 14.4 Å². The third-order valence-corrected chi connectivity index (χ3v) is 4.81. The maximum atomic E-state index is 13.1. The van der Waals surface area contributed by atoms with Crippen LogP contribution >= 0.6 is 0 Å². The normalized spacial score (nSPS) is 14.6. The van der Waals surface area contributed by atoms with E-state index in [9.17, 15) is 18.8 Å². The highest BCUT2D eigenvalue weighted by atomic mass is 19.1. The SMILES string of the molecule is CC(C)CNC(=O)CNc1c(N2CCN(c3ccc(F)cc3)CC2)c(=O)c1=O. The van der Waals surface area contributed by atoms with Gasteiger partial charge in [0.1, 0.15) is 17.2 Å². The molecular weight excluding hydrogens is 363 g/mol. The topological polar surface area (TPSA) is 81.8 Å². The Balaban J connectivity index is 1.59. The van der Waals surface area contributed by atoms with Crippen molar-refractivity contribution < 1.29 is 9.18 Å². The molecule has 1 aliphatic rings. The van der Waals surface area contributed by atoms with Gasteiger partial charge in [0.05, 0.1) is 6.54 Å². The molecule has 0 aliphatic carbocycles. The highest BCUT2D eigenvalue weighted by Gasteiger charge is 2.28. The summed E-state index contributed by atoms with van der Waals surface area (Å²) in [6.45, 7) is 6.94. The Kier molecular flexibility index (Phi) is 5.96. The van der Waals surface area contributed by atoms with E-state index in [4.69, 9.17) is 0 Å². The fourth-order valence-electron chi connectivity index (χ4n) is 3.23. The summed E-state index contributed by atoms with van der Waals surface area (Å²) in [7, 11) is 0. The monoisotopic (exact) mass is 388 g/mol. The van der Waals surface area contributed by atoms with Crippen molar-refractivity contribution in [3.8, 4) is 0 Å². The molecule has 1 heterocycles. The number of hydrogen-bond donors (Lipinski definition) is 2. The molecule has 2 aromatic rings. The minimum atomic E-state index is -0.576. The molecular formula is C20H25FN4O3. The molecule has 28 heavy (non-hydrogen) atoms. The molecule has 0 saturated carbocycles. The van der Waals surface area contributed by atoms with E-state index in [0.29, 0.717) is 44.3 Å². The number of nitrogens with one attached hydrogen (secondary N) is 2. The summed E-state index contributed by atoms with van der Waals surface area (Å²) in [6, 6.07) is 6.30. The van der Waals surface area contributed by atoms with E-state index in [-0.39, 0.29) is 24.0 Å². The predicted octanol–water partition coefficient (Wildman–Crippen LogP) is 0.932. The first-order valence-electron chi connectivity index (χ1n) is 9.46. The fourth-order valence-corrected chi connectivity index (χ4v) is 3.23. The predicted molar refractivity (Wildman–Crippen MR) is 109 cm³/mol. The molecule has 0 spiro atoms. The summed E-state index contributed by atoms with van der Waals surface area (Å²) in [5, 5.41) is 5.59. The number of halogens is 1. The molecule has 0 radical (unpaired) electrons. The number of anilines is 3. The highest BCUT2D eigenvalue weighted by Crippen LogP contribution is 2.23. The zero-order valence-corrected chi connectivity index (χ0v) is 16.1. The van der Waals surface area contributed by atoms with Crippen LogP contribution in [0.4, 0.5) is 21.5 Å². The molecule has 0 aromatic heterocycles. The standard InChI is InChI=1S/C20H25FN4O3/c1-13(2)11-22-16(26)12-23-17-18(20(28)19(17)27)25-9-7-24(8-10-25)15-5-3-14(21)4-6-15/h3-6,13,23H,7-12H2,1-2H3,(H,22,26). The Morgan fingerprint density at radius 2 is 1.64 bits per heavy atom. The maximum absolute atomic E-state index is 13.1. The summed E-state index contributed by atoms with van der Waals surface area (Å²) in [4.78, 5) is 39.8. The number of piperazine rings is 1. The number of carbonyl (C=O) groups is 1. The quantitative estimate of drug-likeness (QED) is 0.687. The summed E-state index contributed by atoms with van der Waals surface area (Å²) in [5.74, 6) is -0.156. The lowest BCUT2D eigenvalue weighted by Gasteiger charge is -2.38. The molecule has 1 saturated heterocycles. The average molecular weight is 388 g/mol. The van der Waals surface area contributed by atoms with Crippen LogP contribution < -0.4 is 31.3 Å². The van der Waals surface area contributed by atoms with Gasteiger partial charge in [-0.1, -0.05) is 13.8 Å². The summed E-state index contributed by atoms with van der Waals surface area (Å²) >= 11 is 0. The first-order valence-corrected chi connectivity index (χ1v) is 9.46. The number of nitrogens with zero attached hydrogens (tertiary/aromatic N) is 2. The van der Waals surface area contributed by atoms with Crippen LogP contribution in [0.1, 0.15) is 13.8 Å². The maximum Gasteiger partial charge on any atom is 0.253 e. The van der Waals surface area contributed by atoms with E-state index in [1.54, 1.807) is 12.1 Å². The highest BCUT2D eigenvalue weighted by molar-refractivity contribution is 5.84. The first kappa shape index (κ1) is 19.9. The van der Waals surface area contributed by atoms with Crippen LogP contribution in [0.25, 0.3) is 0 Å². The number of rotatable bonds is 7. The molecule has 1 fully saturated rings. The van der Waals surface area contributed by atoms with Crippen molar-refractivity contribution in [1.29, 1.82) is 0 Å². The second-order valence-corrected chi connectivity index (χ2v) is 7.38. The van der Waals surface area contributed by atoms with Crippen LogP contribution in [0, 0.1) is 11.7 Å². The van der Waals surface area contributed by atoms with Crippen molar-refractivity contribution in [2.45, 2.75) is 13.8 Å². The van der Waals surface area contributed by atoms with E-state index in [1.165, 1.54) is 12.1 Å². The molecule has 8 heteroatoms. The smallest absolute Gasteiger partial charge is 0.253 e. The van der Waals surface area contributed by atoms with Crippen molar-refractivity contribution in [1.82, 2.24) is 5.32 Å². The van der Waals surface area contributed by atoms with Crippen molar-refractivity contribution >= 4 is 23.0 Å². The number of hydrogen-bond acceptors (Lipinski definition) is 6. The van der Waals surface area contributed by atoms with Crippen LogP contribution in [-0.2, 0) is 4.79 Å². The third kappa shape index (κ3) is 4.32. The molecule has 1 amide bonds. The Morgan fingerprint density at radius 3 is 2.25 bits per heavy atom. The zero-order valence-electron chi connectivity index (χ0n) is 16.1. The molecule has 7 nitrogen and oxygen atoms in total. The molecule has 0 bridgehead atoms. The summed E-state index contributed by atoms with van der Waals surface area (Å²) in [6.07, 6.45) is 0. The zero-order chi connectivity index (χ0) is 20.3. The van der Waals surface area contributed by atoms with Gasteiger partial charge in [0, 0.05) is 38.4 Å². The van der Waals surface area contributed by atoms with Crippen LogP contribution in [0.2, 0.25) is 0 Å². The van der Waals surface area contributed by atoms with E-state index >= 15 is 0 Å². The fraction of sp³-hybridized carbons (Fsp3) is 0.450. The summed E-state index contributed by atoms with van der Waals surface area (Å²) < 4.78 is 13.1. The van der Waals surface area contributed by atoms with Gasteiger partial charge in [-0.2, -0.15) is 0 Å². The van der Waals surface area contributed by atoms with Crippen LogP contribution in [0.3, 0.4) is 0 Å². The van der Waals surface area contributed by atoms with Gasteiger partial charge in [0.2, 0.25) is 5.91 Å². The van der Waals surface area contributed by atoms with Gasteiger partial charge >= 0.3 is 0 Å². The average Bonchev–Trinajstić information content (AvgIpc) is 2.69. The van der Waals surface area contributed by atoms with E-state index in [2.05, 4.69) is 15.5 Å². The number of carbonyl (C=O) groups excluding carboxylic acids is 1. The molecule has 0 atom stereocenters. The second-order valence-electron chi connectivity index (χ2n) is 7.38. The van der Waals surface area contributed by atoms with E-state index in [1.807, 2.05) is 18.7 Å². The minimum Gasteiger partial charge on any atom is -0.371 e. The van der Waals surface area contributed by atoms with Crippen molar-refractivity contribution in [3.63, 3.8) is 0 Å². The second kappa shape index (κ2) is 8.41. The lowest BCUT2D eigenvalue weighted by Crippen LogP contribution is -2.52. The Labute approximate surface area is 162 Å². The lowest BCUT2D eigenvalue weighted by atomic mass is 10.1. The molecule has 3 rings (SSSR count). The van der Waals surface area contributed by atoms with Gasteiger partial charge in [-0.15, -0.1) is 0 Å². The Hall–Kier alpha value is -2.90. The third-order valence-electron chi connectivity index (χ3n) is 4.81. The van der Waals surface area contributed by atoms with Crippen LogP contribution in [0.15, 0.2) is 33.9 Å². The molecule has 1 aliphatic heterocycles. The summed E-state index contributed by atoms with van der Waals surface area (Å²) in [5.41, 5.74) is 0.416. The number of benzene rings is 1. The first-order chi connectivity index (χ1) is 13.4.